The Bertz CT molecular complexity index is 469. The molecule has 1 N–H and O–H groups in total. The highest BCUT2D eigenvalue weighted by Gasteiger charge is 2.53. The molecule has 18 heavy (non-hydrogen) atoms. The fourth-order valence-electron chi connectivity index (χ4n) is 1.87. The van der Waals surface area contributed by atoms with Crippen LogP contribution in [0.1, 0.15) is 20.3 Å². The van der Waals surface area contributed by atoms with E-state index in [1.807, 2.05) is 4.57 Å². The minimum atomic E-state index is -0.724. The van der Waals surface area contributed by atoms with Gasteiger partial charge in [0.05, 0.1) is 0 Å². The molecule has 0 saturated heterocycles. The lowest BCUT2D eigenvalue weighted by Crippen LogP contribution is -2.21. The molecule has 0 aromatic carbocycles. The molecule has 0 unspecified atom stereocenters. The van der Waals surface area contributed by atoms with Crippen molar-refractivity contribution < 1.29 is 9.72 Å². The van der Waals surface area contributed by atoms with Crippen molar-refractivity contribution in [2.75, 3.05) is 5.32 Å². The molecule has 1 heterocycles. The van der Waals surface area contributed by atoms with Crippen LogP contribution in [0.2, 0.25) is 0 Å². The Kier molecular flexibility index (Phi) is 3.31. The van der Waals surface area contributed by atoms with Gasteiger partial charge in [-0.2, -0.15) is 0 Å². The lowest BCUT2D eigenvalue weighted by molar-refractivity contribution is -0.497. The summed E-state index contributed by atoms with van der Waals surface area (Å²) in [5.41, 5.74) is 0. The first kappa shape index (κ1) is 12.5. The van der Waals surface area contributed by atoms with Gasteiger partial charge in [0.1, 0.15) is 5.92 Å². The van der Waals surface area contributed by atoms with E-state index in [1.165, 1.54) is 0 Å². The summed E-state index contributed by atoms with van der Waals surface area (Å²) in [6.45, 7) is 4.88. The smallest absolute Gasteiger partial charge is 0.237 e. The highest BCUT2D eigenvalue weighted by molar-refractivity contribution is 5.93. The van der Waals surface area contributed by atoms with Crippen molar-refractivity contribution in [1.82, 2.24) is 9.55 Å². The van der Waals surface area contributed by atoms with E-state index < -0.39 is 16.9 Å². The number of nitrogens with zero attached hydrogens (tertiary/aromatic N) is 3. The second-order valence-electron chi connectivity index (χ2n) is 4.98. The average molecular weight is 252 g/mol. The molecule has 1 aliphatic rings. The molecule has 1 amide bonds. The van der Waals surface area contributed by atoms with Crippen LogP contribution < -0.4 is 5.32 Å². The van der Waals surface area contributed by atoms with Crippen molar-refractivity contribution in [3.63, 3.8) is 0 Å². The van der Waals surface area contributed by atoms with E-state index in [9.17, 15) is 14.9 Å². The SMILES string of the molecule is CC(C)Cn1ccnc1NC(=O)[C@H]1C[C@@H]1[N+](=O)[O-]. The Morgan fingerprint density at radius 2 is 2.44 bits per heavy atom. The number of anilines is 1. The van der Waals surface area contributed by atoms with Gasteiger partial charge in [-0.25, -0.2) is 4.98 Å². The lowest BCUT2D eigenvalue weighted by Gasteiger charge is -2.10. The normalized spacial score (nSPS) is 21.9. The summed E-state index contributed by atoms with van der Waals surface area (Å²) in [6, 6.07) is -0.724. The third-order valence-corrected chi connectivity index (χ3v) is 2.88. The topological polar surface area (TPSA) is 90.1 Å². The first-order valence-electron chi connectivity index (χ1n) is 5.94. The number of nitrogens with one attached hydrogen (secondary N) is 1. The average Bonchev–Trinajstić information content (AvgIpc) is 2.97. The van der Waals surface area contributed by atoms with E-state index in [1.54, 1.807) is 12.4 Å². The lowest BCUT2D eigenvalue weighted by atomic mass is 10.2. The molecule has 0 spiro atoms. The number of imidazole rings is 1. The molecular weight excluding hydrogens is 236 g/mol. The second-order valence-corrected chi connectivity index (χ2v) is 4.98. The molecule has 7 nitrogen and oxygen atoms in total. The van der Waals surface area contributed by atoms with Gasteiger partial charge in [0, 0.05) is 30.3 Å². The molecule has 1 aromatic rings. The van der Waals surface area contributed by atoms with E-state index in [0.717, 1.165) is 6.54 Å². The van der Waals surface area contributed by atoms with Gasteiger partial charge in [-0.3, -0.25) is 20.2 Å². The molecule has 1 aromatic heterocycles. The summed E-state index contributed by atoms with van der Waals surface area (Å²) >= 11 is 0. The van der Waals surface area contributed by atoms with Crippen LogP contribution in [0.25, 0.3) is 0 Å². The Balaban J connectivity index is 1.96. The van der Waals surface area contributed by atoms with E-state index in [-0.39, 0.29) is 5.91 Å². The summed E-state index contributed by atoms with van der Waals surface area (Å²) in [4.78, 5) is 25.9. The second kappa shape index (κ2) is 4.75. The molecule has 0 radical (unpaired) electrons. The molecule has 0 aliphatic heterocycles. The largest absolute Gasteiger partial charge is 0.317 e. The zero-order valence-corrected chi connectivity index (χ0v) is 10.4. The van der Waals surface area contributed by atoms with Crippen molar-refractivity contribution >= 4 is 11.9 Å². The maximum atomic E-state index is 11.8. The van der Waals surface area contributed by atoms with Crippen molar-refractivity contribution in [3.05, 3.63) is 22.5 Å². The summed E-state index contributed by atoms with van der Waals surface area (Å²) in [5, 5.41) is 13.1. The fourth-order valence-corrected chi connectivity index (χ4v) is 1.87. The van der Waals surface area contributed by atoms with Gasteiger partial charge in [0.15, 0.2) is 0 Å². The monoisotopic (exact) mass is 252 g/mol. The predicted octanol–water partition coefficient (Wildman–Crippen LogP) is 1.14. The van der Waals surface area contributed by atoms with Crippen molar-refractivity contribution in [1.29, 1.82) is 0 Å². The van der Waals surface area contributed by atoms with Crippen LogP contribution in [0.15, 0.2) is 12.4 Å². The molecular formula is C11H16N4O3. The van der Waals surface area contributed by atoms with Gasteiger partial charge < -0.3 is 4.57 Å². The zero-order chi connectivity index (χ0) is 13.3. The summed E-state index contributed by atoms with van der Waals surface area (Å²) in [7, 11) is 0. The third-order valence-electron chi connectivity index (χ3n) is 2.88. The number of amides is 1. The highest BCUT2D eigenvalue weighted by Crippen LogP contribution is 2.33. The first-order chi connectivity index (χ1) is 8.49. The van der Waals surface area contributed by atoms with E-state index in [4.69, 9.17) is 0 Å². The van der Waals surface area contributed by atoms with Crippen molar-refractivity contribution in [3.8, 4) is 0 Å². The summed E-state index contributed by atoms with van der Waals surface area (Å²) in [5.74, 6) is 0.0714. The Hall–Kier alpha value is -1.92. The highest BCUT2D eigenvalue weighted by atomic mass is 16.6. The molecule has 1 fully saturated rings. The Morgan fingerprint density at radius 1 is 1.72 bits per heavy atom. The van der Waals surface area contributed by atoms with Crippen LogP contribution in [0.5, 0.6) is 0 Å². The summed E-state index contributed by atoms with van der Waals surface area (Å²) < 4.78 is 1.84. The van der Waals surface area contributed by atoms with E-state index in [2.05, 4.69) is 24.1 Å². The van der Waals surface area contributed by atoms with E-state index >= 15 is 0 Å². The third kappa shape index (κ3) is 2.66. The quantitative estimate of drug-likeness (QED) is 0.628. The number of carbonyl (C=O) groups excluding carboxylic acids is 1. The van der Waals surface area contributed by atoms with Gasteiger partial charge >= 0.3 is 0 Å². The molecule has 1 aliphatic carbocycles. The number of hydrogen-bond acceptors (Lipinski definition) is 4. The van der Waals surface area contributed by atoms with Crippen molar-refractivity contribution in [2.45, 2.75) is 32.9 Å². The van der Waals surface area contributed by atoms with E-state index in [0.29, 0.717) is 18.3 Å². The zero-order valence-electron chi connectivity index (χ0n) is 10.4. The number of hydrogen-bond donors (Lipinski definition) is 1. The van der Waals surface area contributed by atoms with Gasteiger partial charge in [0.2, 0.25) is 17.9 Å². The molecule has 0 bridgehead atoms. The molecule has 2 rings (SSSR count). The molecule has 2 atom stereocenters. The molecule has 98 valence electrons. The molecule has 7 heteroatoms. The van der Waals surface area contributed by atoms with Gasteiger partial charge in [0.25, 0.3) is 0 Å². The number of nitro groups is 1. The maximum Gasteiger partial charge on any atom is 0.237 e. The maximum absolute atomic E-state index is 11.8. The number of carbonyl (C=O) groups is 1. The van der Waals surface area contributed by atoms with Gasteiger partial charge in [-0.05, 0) is 5.92 Å². The van der Waals surface area contributed by atoms with Crippen LogP contribution >= 0.6 is 0 Å². The molecule has 1 saturated carbocycles. The van der Waals surface area contributed by atoms with Crippen LogP contribution in [-0.2, 0) is 11.3 Å². The Labute approximate surface area is 104 Å². The van der Waals surface area contributed by atoms with Crippen LogP contribution in [0.3, 0.4) is 0 Å². The Morgan fingerprint density at radius 3 is 3.00 bits per heavy atom. The number of aromatic nitrogens is 2. The van der Waals surface area contributed by atoms with Crippen LogP contribution in [0, 0.1) is 22.0 Å². The minimum Gasteiger partial charge on any atom is -0.317 e. The summed E-state index contributed by atoms with van der Waals surface area (Å²) in [6.07, 6.45) is 3.72. The predicted molar refractivity (Wildman–Crippen MR) is 64.6 cm³/mol. The fraction of sp³-hybridized carbons (Fsp3) is 0.636. The minimum absolute atomic E-state index is 0.312. The van der Waals surface area contributed by atoms with Gasteiger partial charge in [-0.1, -0.05) is 13.8 Å². The standard InChI is InChI=1S/C11H16N4O3/c1-7(2)6-14-4-3-12-11(14)13-10(16)8-5-9(8)15(17)18/h3-4,7-9H,5-6H2,1-2H3,(H,12,13,16)/t8-,9-/m0/s1. The van der Waals surface area contributed by atoms with Crippen molar-refractivity contribution in [2.24, 2.45) is 11.8 Å². The van der Waals surface area contributed by atoms with Crippen LogP contribution in [-0.4, -0.2) is 26.4 Å². The van der Waals surface area contributed by atoms with Gasteiger partial charge in [-0.15, -0.1) is 0 Å². The number of rotatable bonds is 5. The van der Waals surface area contributed by atoms with Crippen LogP contribution in [0.4, 0.5) is 5.95 Å². The first-order valence-corrected chi connectivity index (χ1v) is 5.94.